The van der Waals surface area contributed by atoms with Gasteiger partial charge in [0.1, 0.15) is 0 Å². The van der Waals surface area contributed by atoms with E-state index in [9.17, 15) is 0 Å². The lowest BCUT2D eigenvalue weighted by Crippen LogP contribution is -2.00. The third-order valence-corrected chi connectivity index (χ3v) is 3.51. The van der Waals surface area contributed by atoms with Gasteiger partial charge in [-0.15, -0.1) is 0 Å². The van der Waals surface area contributed by atoms with Crippen molar-refractivity contribution < 1.29 is 9.47 Å². The van der Waals surface area contributed by atoms with E-state index in [1.165, 1.54) is 5.56 Å². The van der Waals surface area contributed by atoms with Crippen molar-refractivity contribution in [3.8, 4) is 22.8 Å². The first-order valence-corrected chi connectivity index (χ1v) is 7.10. The second kappa shape index (κ2) is 6.35. The molecule has 4 heteroatoms. The molecule has 0 unspecified atom stereocenters. The summed E-state index contributed by atoms with van der Waals surface area (Å²) in [5, 5.41) is 4.63. The second-order valence-corrected chi connectivity index (χ2v) is 4.95. The topological polar surface area (TPSA) is 36.3 Å². The Kier molecular flexibility index (Phi) is 4.10. The number of rotatable bonds is 5. The molecule has 0 radical (unpaired) electrons. The van der Waals surface area contributed by atoms with Crippen LogP contribution in [0.15, 0.2) is 60.8 Å². The van der Waals surface area contributed by atoms with Crippen molar-refractivity contribution >= 4 is 0 Å². The maximum atomic E-state index is 5.34. The molecule has 4 nitrogen and oxygen atoms in total. The number of nitrogens with zero attached hydrogens (tertiary/aromatic N) is 2. The summed E-state index contributed by atoms with van der Waals surface area (Å²) in [6.07, 6.45) is 1.99. The van der Waals surface area contributed by atoms with E-state index < -0.39 is 0 Å². The lowest BCUT2D eigenvalue weighted by Gasteiger charge is -2.08. The summed E-state index contributed by atoms with van der Waals surface area (Å²) < 4.78 is 12.5. The van der Waals surface area contributed by atoms with Crippen molar-refractivity contribution in [1.29, 1.82) is 0 Å². The summed E-state index contributed by atoms with van der Waals surface area (Å²) in [6, 6.07) is 18.1. The zero-order valence-electron chi connectivity index (χ0n) is 12.7. The van der Waals surface area contributed by atoms with Gasteiger partial charge in [0.25, 0.3) is 0 Å². The van der Waals surface area contributed by atoms with Crippen LogP contribution in [0.3, 0.4) is 0 Å². The van der Waals surface area contributed by atoms with Gasteiger partial charge in [-0.2, -0.15) is 5.10 Å². The highest BCUT2D eigenvalue weighted by Gasteiger charge is 2.08. The first-order valence-electron chi connectivity index (χ1n) is 7.10. The molecule has 0 fully saturated rings. The Labute approximate surface area is 129 Å². The average Bonchev–Trinajstić information content (AvgIpc) is 3.03. The Morgan fingerprint density at radius 3 is 2.41 bits per heavy atom. The Bertz CT molecular complexity index is 751. The van der Waals surface area contributed by atoms with E-state index in [0.717, 1.165) is 23.6 Å². The lowest BCUT2D eigenvalue weighted by atomic mass is 10.1. The number of hydrogen-bond donors (Lipinski definition) is 0. The predicted molar refractivity (Wildman–Crippen MR) is 86.3 cm³/mol. The molecule has 3 rings (SSSR count). The van der Waals surface area contributed by atoms with Crippen molar-refractivity contribution in [2.45, 2.75) is 6.54 Å². The summed E-state index contributed by atoms with van der Waals surface area (Å²) in [4.78, 5) is 0. The highest BCUT2D eigenvalue weighted by molar-refractivity contribution is 5.63. The number of ether oxygens (including phenoxy) is 2. The molecule has 0 N–H and O–H groups in total. The van der Waals surface area contributed by atoms with Gasteiger partial charge in [-0.05, 0) is 29.8 Å². The van der Waals surface area contributed by atoms with Crippen molar-refractivity contribution in [3.63, 3.8) is 0 Å². The van der Waals surface area contributed by atoms with Crippen LogP contribution in [0.1, 0.15) is 5.56 Å². The Hall–Kier alpha value is -2.75. The minimum Gasteiger partial charge on any atom is -0.493 e. The molecule has 0 aliphatic heterocycles. The Balaban J connectivity index is 1.84. The first kappa shape index (κ1) is 14.2. The number of hydrogen-bond acceptors (Lipinski definition) is 3. The van der Waals surface area contributed by atoms with Gasteiger partial charge >= 0.3 is 0 Å². The molecule has 3 aromatic rings. The zero-order chi connectivity index (χ0) is 15.4. The summed E-state index contributed by atoms with van der Waals surface area (Å²) in [5.74, 6) is 1.42. The van der Waals surface area contributed by atoms with Gasteiger partial charge in [0.2, 0.25) is 0 Å². The zero-order valence-corrected chi connectivity index (χ0v) is 12.7. The van der Waals surface area contributed by atoms with Gasteiger partial charge in [-0.25, -0.2) is 0 Å². The van der Waals surface area contributed by atoms with Crippen LogP contribution in [0.5, 0.6) is 11.5 Å². The summed E-state index contributed by atoms with van der Waals surface area (Å²) in [6.45, 7) is 0.758. The smallest absolute Gasteiger partial charge is 0.161 e. The first-order chi connectivity index (χ1) is 10.8. The summed E-state index contributed by atoms with van der Waals surface area (Å²) >= 11 is 0. The molecule has 22 heavy (non-hydrogen) atoms. The fourth-order valence-electron chi connectivity index (χ4n) is 2.37. The quantitative estimate of drug-likeness (QED) is 0.721. The number of aromatic nitrogens is 2. The maximum Gasteiger partial charge on any atom is 0.161 e. The van der Waals surface area contributed by atoms with E-state index in [-0.39, 0.29) is 0 Å². The molecular formula is C18H18N2O2. The molecule has 0 bridgehead atoms. The van der Waals surface area contributed by atoms with Crippen LogP contribution in [0.25, 0.3) is 11.3 Å². The monoisotopic (exact) mass is 294 g/mol. The summed E-state index contributed by atoms with van der Waals surface area (Å²) in [7, 11) is 3.27. The van der Waals surface area contributed by atoms with Gasteiger partial charge in [-0.3, -0.25) is 4.68 Å². The molecule has 0 aliphatic carbocycles. The van der Waals surface area contributed by atoms with Crippen LogP contribution in [-0.2, 0) is 6.54 Å². The Morgan fingerprint density at radius 2 is 1.68 bits per heavy atom. The normalized spacial score (nSPS) is 10.5. The third-order valence-electron chi connectivity index (χ3n) is 3.51. The van der Waals surface area contributed by atoms with Crippen molar-refractivity contribution in [2.24, 2.45) is 0 Å². The summed E-state index contributed by atoms with van der Waals surface area (Å²) in [5.41, 5.74) is 3.14. The minimum absolute atomic E-state index is 0.706. The van der Waals surface area contributed by atoms with E-state index in [0.29, 0.717) is 5.75 Å². The van der Waals surface area contributed by atoms with E-state index >= 15 is 0 Å². The van der Waals surface area contributed by atoms with Crippen LogP contribution in [-0.4, -0.2) is 24.0 Å². The largest absolute Gasteiger partial charge is 0.493 e. The van der Waals surface area contributed by atoms with Crippen LogP contribution < -0.4 is 9.47 Å². The van der Waals surface area contributed by atoms with Gasteiger partial charge in [0, 0.05) is 11.8 Å². The van der Waals surface area contributed by atoms with Crippen LogP contribution >= 0.6 is 0 Å². The molecule has 1 aromatic heterocycles. The highest BCUT2D eigenvalue weighted by Crippen LogP contribution is 2.31. The molecule has 0 atom stereocenters. The predicted octanol–water partition coefficient (Wildman–Crippen LogP) is 3.62. The molecule has 0 saturated heterocycles. The van der Waals surface area contributed by atoms with Gasteiger partial charge in [0.05, 0.1) is 26.5 Å². The minimum atomic E-state index is 0.706. The van der Waals surface area contributed by atoms with Crippen molar-refractivity contribution in [3.05, 3.63) is 66.4 Å². The number of benzene rings is 2. The number of methoxy groups -OCH3 is 2. The highest BCUT2D eigenvalue weighted by atomic mass is 16.5. The van der Waals surface area contributed by atoms with E-state index in [1.807, 2.05) is 53.3 Å². The standard InChI is InChI=1S/C18H18N2O2/c1-21-17-9-8-15(12-18(17)22-2)16-10-11-20(19-16)13-14-6-4-3-5-7-14/h3-12H,13H2,1-2H3. The SMILES string of the molecule is COc1ccc(-c2ccn(Cc3ccccc3)n2)cc1OC. The van der Waals surface area contributed by atoms with E-state index in [1.54, 1.807) is 14.2 Å². The second-order valence-electron chi connectivity index (χ2n) is 4.95. The van der Waals surface area contributed by atoms with Crippen molar-refractivity contribution in [2.75, 3.05) is 14.2 Å². The molecule has 0 saturated carbocycles. The van der Waals surface area contributed by atoms with Gasteiger partial charge in [0.15, 0.2) is 11.5 Å². The molecule has 0 aliphatic rings. The van der Waals surface area contributed by atoms with Crippen molar-refractivity contribution in [1.82, 2.24) is 9.78 Å². The molecule has 0 amide bonds. The van der Waals surface area contributed by atoms with Crippen LogP contribution in [0.2, 0.25) is 0 Å². The van der Waals surface area contributed by atoms with Gasteiger partial charge < -0.3 is 9.47 Å². The van der Waals surface area contributed by atoms with E-state index in [4.69, 9.17) is 9.47 Å². The fourth-order valence-corrected chi connectivity index (χ4v) is 2.37. The fraction of sp³-hybridized carbons (Fsp3) is 0.167. The molecular weight excluding hydrogens is 276 g/mol. The Morgan fingerprint density at radius 1 is 0.909 bits per heavy atom. The van der Waals surface area contributed by atoms with Gasteiger partial charge in [-0.1, -0.05) is 30.3 Å². The van der Waals surface area contributed by atoms with E-state index in [2.05, 4.69) is 17.2 Å². The lowest BCUT2D eigenvalue weighted by molar-refractivity contribution is 0.355. The molecule has 1 heterocycles. The average molecular weight is 294 g/mol. The third kappa shape index (κ3) is 2.96. The molecule has 112 valence electrons. The van der Waals surface area contributed by atoms with Crippen LogP contribution in [0, 0.1) is 0 Å². The molecule has 0 spiro atoms. The maximum absolute atomic E-state index is 5.34. The molecule has 2 aromatic carbocycles. The van der Waals surface area contributed by atoms with Crippen LogP contribution in [0.4, 0.5) is 0 Å².